The van der Waals surface area contributed by atoms with Gasteiger partial charge >= 0.3 is 0 Å². The molecule has 0 aromatic carbocycles. The number of thiocarbonyl (C=S) groups is 1. The first-order chi connectivity index (χ1) is 4.79. The number of likely N-dealkylation sites (tertiary alicyclic amines) is 1. The minimum atomic E-state index is 0.395. The summed E-state index contributed by atoms with van der Waals surface area (Å²) >= 11 is 4.67. The number of nitrogens with one attached hydrogen (secondary N) is 1. The molecular formula is C6H13N3S. The lowest BCUT2D eigenvalue weighted by Gasteiger charge is -2.14. The molecule has 1 saturated heterocycles. The van der Waals surface area contributed by atoms with E-state index in [2.05, 4.69) is 22.4 Å². The van der Waals surface area contributed by atoms with Crippen LogP contribution in [0.4, 0.5) is 0 Å². The molecule has 0 spiro atoms. The van der Waals surface area contributed by atoms with E-state index in [-0.39, 0.29) is 0 Å². The number of hydrogen-bond acceptors (Lipinski definition) is 2. The molecule has 0 aromatic heterocycles. The fourth-order valence-electron chi connectivity index (χ4n) is 1.13. The maximum atomic E-state index is 5.26. The molecule has 0 atom stereocenters. The molecule has 1 aliphatic heterocycles. The van der Waals surface area contributed by atoms with Crippen LogP contribution in [0.5, 0.6) is 0 Å². The van der Waals surface area contributed by atoms with Gasteiger partial charge in [0.05, 0.1) is 6.67 Å². The molecule has 0 amide bonds. The maximum Gasteiger partial charge on any atom is 0.164 e. The van der Waals surface area contributed by atoms with Crippen LogP contribution in [0, 0.1) is 0 Å². The van der Waals surface area contributed by atoms with Crippen molar-refractivity contribution in [2.45, 2.75) is 12.8 Å². The number of rotatable bonds is 2. The first-order valence-corrected chi connectivity index (χ1v) is 3.95. The Bertz CT molecular complexity index is 120. The van der Waals surface area contributed by atoms with Crippen LogP contribution in [-0.2, 0) is 0 Å². The molecule has 3 nitrogen and oxygen atoms in total. The average molecular weight is 159 g/mol. The molecule has 1 aliphatic rings. The summed E-state index contributed by atoms with van der Waals surface area (Å²) in [5.41, 5.74) is 5.26. The highest BCUT2D eigenvalue weighted by Gasteiger charge is 2.09. The number of hydrogen-bond donors (Lipinski definition) is 2. The summed E-state index contributed by atoms with van der Waals surface area (Å²) in [6, 6.07) is 0. The highest BCUT2D eigenvalue weighted by molar-refractivity contribution is 7.80. The fraction of sp³-hybridized carbons (Fsp3) is 0.833. The van der Waals surface area contributed by atoms with E-state index in [0.717, 1.165) is 6.67 Å². The number of nitrogens with zero attached hydrogens (tertiary/aromatic N) is 1. The summed E-state index contributed by atoms with van der Waals surface area (Å²) < 4.78 is 0. The van der Waals surface area contributed by atoms with Crippen molar-refractivity contribution in [1.82, 2.24) is 10.2 Å². The third-order valence-corrected chi connectivity index (χ3v) is 1.82. The minimum absolute atomic E-state index is 0.395. The first kappa shape index (κ1) is 7.75. The van der Waals surface area contributed by atoms with Crippen molar-refractivity contribution < 1.29 is 0 Å². The van der Waals surface area contributed by atoms with Gasteiger partial charge in [-0.25, -0.2) is 0 Å². The Morgan fingerprint density at radius 3 is 2.60 bits per heavy atom. The van der Waals surface area contributed by atoms with Gasteiger partial charge in [0.2, 0.25) is 0 Å². The Morgan fingerprint density at radius 2 is 2.10 bits per heavy atom. The van der Waals surface area contributed by atoms with Gasteiger partial charge < -0.3 is 11.1 Å². The smallest absolute Gasteiger partial charge is 0.164 e. The SMILES string of the molecule is NC(=S)NCN1CCCC1. The van der Waals surface area contributed by atoms with E-state index in [9.17, 15) is 0 Å². The monoisotopic (exact) mass is 159 g/mol. The van der Waals surface area contributed by atoms with Crippen LogP contribution in [0.15, 0.2) is 0 Å². The van der Waals surface area contributed by atoms with Crippen molar-refractivity contribution in [3.8, 4) is 0 Å². The minimum Gasteiger partial charge on any atom is -0.376 e. The van der Waals surface area contributed by atoms with Gasteiger partial charge in [-0.05, 0) is 38.1 Å². The summed E-state index contributed by atoms with van der Waals surface area (Å²) in [6.45, 7) is 3.17. The molecule has 0 unspecified atom stereocenters. The molecule has 0 aromatic rings. The molecule has 0 radical (unpaired) electrons. The molecule has 3 N–H and O–H groups in total. The van der Waals surface area contributed by atoms with Crippen molar-refractivity contribution in [2.24, 2.45) is 5.73 Å². The lowest BCUT2D eigenvalue weighted by Crippen LogP contribution is -2.38. The zero-order valence-electron chi connectivity index (χ0n) is 5.97. The zero-order valence-corrected chi connectivity index (χ0v) is 6.78. The predicted octanol–water partition coefficient (Wildman–Crippen LogP) is -0.127. The van der Waals surface area contributed by atoms with Gasteiger partial charge in [0.1, 0.15) is 0 Å². The van der Waals surface area contributed by atoms with Crippen molar-refractivity contribution in [1.29, 1.82) is 0 Å². The predicted molar refractivity (Wildman–Crippen MR) is 45.6 cm³/mol. The Labute approximate surface area is 66.6 Å². The van der Waals surface area contributed by atoms with Gasteiger partial charge in [-0.3, -0.25) is 4.90 Å². The molecule has 0 saturated carbocycles. The molecular weight excluding hydrogens is 146 g/mol. The lowest BCUT2D eigenvalue weighted by molar-refractivity contribution is 0.333. The van der Waals surface area contributed by atoms with Crippen LogP contribution in [0.3, 0.4) is 0 Å². The zero-order chi connectivity index (χ0) is 7.40. The van der Waals surface area contributed by atoms with Crippen LogP contribution in [0.25, 0.3) is 0 Å². The second kappa shape index (κ2) is 3.73. The van der Waals surface area contributed by atoms with Crippen molar-refractivity contribution in [3.05, 3.63) is 0 Å². The molecule has 0 bridgehead atoms. The molecule has 1 fully saturated rings. The molecule has 1 heterocycles. The van der Waals surface area contributed by atoms with Gasteiger partial charge in [0.15, 0.2) is 5.11 Å². The Morgan fingerprint density at radius 1 is 1.50 bits per heavy atom. The molecule has 4 heteroatoms. The molecule has 1 rings (SSSR count). The maximum absolute atomic E-state index is 5.26. The normalized spacial score (nSPS) is 19.2. The highest BCUT2D eigenvalue weighted by Crippen LogP contribution is 2.04. The van der Waals surface area contributed by atoms with Crippen LogP contribution in [0.2, 0.25) is 0 Å². The summed E-state index contributed by atoms with van der Waals surface area (Å²) in [5.74, 6) is 0. The van der Waals surface area contributed by atoms with Crippen LogP contribution in [0.1, 0.15) is 12.8 Å². The highest BCUT2D eigenvalue weighted by atomic mass is 32.1. The van der Waals surface area contributed by atoms with Crippen LogP contribution in [-0.4, -0.2) is 29.8 Å². The summed E-state index contributed by atoms with van der Waals surface area (Å²) in [5, 5.41) is 3.32. The fourth-order valence-corrected chi connectivity index (χ4v) is 1.20. The topological polar surface area (TPSA) is 41.3 Å². The van der Waals surface area contributed by atoms with Gasteiger partial charge in [-0.1, -0.05) is 0 Å². The van der Waals surface area contributed by atoms with Gasteiger partial charge in [0.25, 0.3) is 0 Å². The Hall–Kier alpha value is -0.350. The summed E-state index contributed by atoms with van der Waals surface area (Å²) in [4.78, 5) is 2.30. The van der Waals surface area contributed by atoms with E-state index in [1.165, 1.54) is 25.9 Å². The van der Waals surface area contributed by atoms with Gasteiger partial charge in [-0.2, -0.15) is 0 Å². The van der Waals surface area contributed by atoms with Crippen molar-refractivity contribution in [2.75, 3.05) is 19.8 Å². The van der Waals surface area contributed by atoms with E-state index in [1.807, 2.05) is 0 Å². The van der Waals surface area contributed by atoms with Crippen LogP contribution >= 0.6 is 12.2 Å². The van der Waals surface area contributed by atoms with Crippen molar-refractivity contribution >= 4 is 17.3 Å². The van der Waals surface area contributed by atoms with E-state index in [0.29, 0.717) is 5.11 Å². The van der Waals surface area contributed by atoms with E-state index >= 15 is 0 Å². The standard InChI is InChI=1S/C6H13N3S/c7-6(10)8-5-9-3-1-2-4-9/h1-5H2,(H3,7,8,10). The lowest BCUT2D eigenvalue weighted by atomic mass is 10.4. The van der Waals surface area contributed by atoms with Crippen LogP contribution < -0.4 is 11.1 Å². The van der Waals surface area contributed by atoms with Gasteiger partial charge in [-0.15, -0.1) is 0 Å². The summed E-state index contributed by atoms with van der Waals surface area (Å²) in [6.07, 6.45) is 2.61. The Kier molecular flexibility index (Phi) is 2.89. The van der Waals surface area contributed by atoms with E-state index in [4.69, 9.17) is 5.73 Å². The Balaban J connectivity index is 2.07. The molecule has 0 aliphatic carbocycles. The molecule has 10 heavy (non-hydrogen) atoms. The van der Waals surface area contributed by atoms with Gasteiger partial charge in [0, 0.05) is 0 Å². The second-order valence-corrected chi connectivity index (χ2v) is 2.96. The quantitative estimate of drug-likeness (QED) is 0.551. The van der Waals surface area contributed by atoms with Crippen molar-refractivity contribution in [3.63, 3.8) is 0 Å². The largest absolute Gasteiger partial charge is 0.376 e. The first-order valence-electron chi connectivity index (χ1n) is 3.55. The van der Waals surface area contributed by atoms with E-state index in [1.54, 1.807) is 0 Å². The average Bonchev–Trinajstić information content (AvgIpc) is 2.34. The molecule has 58 valence electrons. The third-order valence-electron chi connectivity index (χ3n) is 1.68. The second-order valence-electron chi connectivity index (χ2n) is 2.52. The number of nitrogens with two attached hydrogens (primary N) is 1. The van der Waals surface area contributed by atoms with E-state index < -0.39 is 0 Å². The third kappa shape index (κ3) is 2.49. The summed E-state index contributed by atoms with van der Waals surface area (Å²) in [7, 11) is 0.